The summed E-state index contributed by atoms with van der Waals surface area (Å²) in [5.41, 5.74) is -1.98. The molecule has 0 amide bonds. The van der Waals surface area contributed by atoms with Gasteiger partial charge in [-0.2, -0.15) is 0 Å². The number of hydrogen-bond donors (Lipinski definition) is 0. The second-order valence-electron chi connectivity index (χ2n) is 6.86. The molecule has 4 nitrogen and oxygen atoms in total. The van der Waals surface area contributed by atoms with Crippen molar-refractivity contribution >= 4 is 18.3 Å². The van der Waals surface area contributed by atoms with Crippen LogP contribution in [0.2, 0.25) is 0 Å². The Morgan fingerprint density at radius 1 is 1.00 bits per heavy atom. The Hall–Kier alpha value is 0.255. The van der Waals surface area contributed by atoms with Crippen LogP contribution in [0.25, 0.3) is 0 Å². The van der Waals surface area contributed by atoms with Gasteiger partial charge in [0.25, 0.3) is 0 Å². The maximum atomic E-state index is 8.04. The first kappa shape index (κ1) is 16.3. The summed E-state index contributed by atoms with van der Waals surface area (Å²) in [4.78, 5) is 0. The molecule has 1 fully saturated rings. The molecule has 0 aliphatic carbocycles. The third-order valence-corrected chi connectivity index (χ3v) is 4.93. The van der Waals surface area contributed by atoms with Crippen LogP contribution in [0.5, 0.6) is 0 Å². The summed E-state index contributed by atoms with van der Waals surface area (Å²) in [5, 5.41) is 8.04. The Balaban J connectivity index is 2.58. The molecule has 1 aliphatic heterocycles. The minimum Gasteiger partial charge on any atom is -0.439 e. The predicted octanol–water partition coefficient (Wildman–Crippen LogP) is 2.52. The first-order valence-corrected chi connectivity index (χ1v) is 7.04. The molecule has 1 heterocycles. The van der Waals surface area contributed by atoms with Gasteiger partial charge in [-0.15, -0.1) is 0 Å². The molecule has 2 N–H and O–H groups in total. The van der Waals surface area contributed by atoms with Crippen molar-refractivity contribution in [1.29, 1.82) is 0 Å². The molecule has 6 heteroatoms. The molecule has 0 aromatic carbocycles. The Morgan fingerprint density at radius 3 is 1.72 bits per heavy atom. The van der Waals surface area contributed by atoms with Crippen LogP contribution in [-0.2, 0) is 13.5 Å². The van der Waals surface area contributed by atoms with Gasteiger partial charge in [-0.3, -0.25) is 0 Å². The molecule has 1 aliphatic rings. The fourth-order valence-electron chi connectivity index (χ4n) is 1.09. The normalized spacial score (nSPS) is 23.5. The van der Waals surface area contributed by atoms with E-state index in [0.717, 1.165) is 11.9 Å². The molecule has 1 saturated heterocycles. The summed E-state index contributed by atoms with van der Waals surface area (Å²) in [6.07, 6.45) is -0.448. The van der Waals surface area contributed by atoms with E-state index in [1.807, 2.05) is 55.4 Å². The van der Waals surface area contributed by atoms with E-state index in [9.17, 15) is 0 Å². The van der Waals surface area contributed by atoms with Gasteiger partial charge in [0, 0.05) is 25.7 Å². The highest BCUT2D eigenvalue weighted by atomic mass is 32.2. The second-order valence-corrected chi connectivity index (χ2v) is 7.60. The Morgan fingerprint density at radius 2 is 1.39 bits per heavy atom. The second kappa shape index (κ2) is 4.67. The van der Waals surface area contributed by atoms with E-state index in [2.05, 4.69) is 0 Å². The highest BCUT2D eigenvalue weighted by molar-refractivity contribution is 8.20. The monoisotopic (exact) mass is 277 g/mol. The van der Waals surface area contributed by atoms with Crippen molar-refractivity contribution in [2.45, 2.75) is 77.8 Å². The maximum absolute atomic E-state index is 8.04. The van der Waals surface area contributed by atoms with E-state index in [4.69, 9.17) is 18.6 Å². The summed E-state index contributed by atoms with van der Waals surface area (Å²) in [6, 6.07) is 0. The van der Waals surface area contributed by atoms with Gasteiger partial charge in [-0.1, -0.05) is 0 Å². The lowest BCUT2D eigenvalue weighted by Crippen LogP contribution is -2.46. The van der Waals surface area contributed by atoms with Crippen LogP contribution in [0.15, 0.2) is 0 Å². The van der Waals surface area contributed by atoms with Gasteiger partial charge in [0.15, 0.2) is 5.60 Å². The van der Waals surface area contributed by atoms with Crippen LogP contribution in [0.3, 0.4) is 0 Å². The molecule has 0 aromatic heterocycles. The molecule has 106 valence electrons. The van der Waals surface area contributed by atoms with Gasteiger partial charge in [-0.25, -0.2) is 0 Å². The van der Waals surface area contributed by atoms with Crippen molar-refractivity contribution in [3.05, 3.63) is 0 Å². The van der Waals surface area contributed by atoms with Crippen molar-refractivity contribution in [1.82, 2.24) is 0 Å². The maximum Gasteiger partial charge on any atom is 0.560 e. The zero-order chi connectivity index (χ0) is 14.4. The van der Waals surface area contributed by atoms with E-state index in [1.165, 1.54) is 0 Å². The first-order valence-electron chi connectivity index (χ1n) is 6.24. The molecular formula is C12H26BO4S+. The summed E-state index contributed by atoms with van der Waals surface area (Å²) in [6.45, 7) is 15.5. The smallest absolute Gasteiger partial charge is 0.439 e. The van der Waals surface area contributed by atoms with Crippen LogP contribution >= 0.6 is 11.9 Å². The lowest BCUT2D eigenvalue weighted by Gasteiger charge is -2.32. The molecule has 1 rings (SSSR count). The summed E-state index contributed by atoms with van der Waals surface area (Å²) in [5.74, 6) is 0. The Bertz CT molecular complexity index is 294. The molecule has 0 radical (unpaired) electrons. The average Bonchev–Trinajstić information content (AvgIpc) is 2.30. The lowest BCUT2D eigenvalue weighted by molar-refractivity contribution is -0.0808. The van der Waals surface area contributed by atoms with Crippen molar-refractivity contribution in [2.24, 2.45) is 0 Å². The number of rotatable bonds is 4. The van der Waals surface area contributed by atoms with Crippen LogP contribution < -0.4 is 0 Å². The summed E-state index contributed by atoms with van der Waals surface area (Å²) < 4.78 is 17.4. The van der Waals surface area contributed by atoms with E-state index in [1.54, 1.807) is 0 Å². The third-order valence-electron chi connectivity index (χ3n) is 4.07. The van der Waals surface area contributed by atoms with E-state index < -0.39 is 17.6 Å². The quantitative estimate of drug-likeness (QED) is 0.450. The van der Waals surface area contributed by atoms with Gasteiger partial charge < -0.3 is 18.6 Å². The van der Waals surface area contributed by atoms with Gasteiger partial charge in [0.05, 0.1) is 11.2 Å². The predicted molar refractivity (Wildman–Crippen MR) is 76.5 cm³/mol. The minimum absolute atomic E-state index is 0.353. The van der Waals surface area contributed by atoms with E-state index in [-0.39, 0.29) is 11.2 Å². The van der Waals surface area contributed by atoms with Gasteiger partial charge in [0.1, 0.15) is 5.60 Å². The standard InChI is InChI=1S/C12H25BO4S/c1-9(2,14)10(3,4)17-18-13-15-11(5,6)12(7,8)16-13/h14H,1-8H3/p+1. The number of hydrogen-bond acceptors (Lipinski definition) is 4. The lowest BCUT2D eigenvalue weighted by atomic mass is 9.90. The first-order chi connectivity index (χ1) is 7.79. The zero-order valence-electron chi connectivity index (χ0n) is 12.7. The highest BCUT2D eigenvalue weighted by Gasteiger charge is 2.53. The molecule has 18 heavy (non-hydrogen) atoms. The van der Waals surface area contributed by atoms with Crippen LogP contribution in [0.1, 0.15) is 55.4 Å². The largest absolute Gasteiger partial charge is 0.560 e. The fraction of sp³-hybridized carbons (Fsp3) is 1.00. The molecule has 0 bridgehead atoms. The van der Waals surface area contributed by atoms with Crippen molar-refractivity contribution < 1.29 is 18.6 Å². The fourth-order valence-corrected chi connectivity index (χ4v) is 2.18. The average molecular weight is 277 g/mol. The van der Waals surface area contributed by atoms with Gasteiger partial charge >= 0.3 is 6.40 Å². The topological polar surface area (TPSA) is 50.6 Å². The van der Waals surface area contributed by atoms with Crippen molar-refractivity contribution in [3.63, 3.8) is 0 Å². The highest BCUT2D eigenvalue weighted by Crippen LogP contribution is 2.41. The van der Waals surface area contributed by atoms with E-state index in [0.29, 0.717) is 0 Å². The molecule has 0 saturated carbocycles. The SMILES string of the molecule is CC(C)([OH2+])C(C)(C)OSB1OC(C)(C)C(C)(C)O1. The minimum atomic E-state index is -0.691. The third kappa shape index (κ3) is 3.22. The van der Waals surface area contributed by atoms with Crippen LogP contribution in [-0.4, -0.2) is 33.9 Å². The Kier molecular flexibility index (Phi) is 4.23. The molecule has 0 spiro atoms. The Labute approximate surface area is 115 Å². The summed E-state index contributed by atoms with van der Waals surface area (Å²) >= 11 is 1.16. The van der Waals surface area contributed by atoms with Gasteiger partial charge in [-0.05, 0) is 41.5 Å². The molecule has 0 aromatic rings. The van der Waals surface area contributed by atoms with E-state index >= 15 is 0 Å². The zero-order valence-corrected chi connectivity index (χ0v) is 13.5. The summed E-state index contributed by atoms with van der Waals surface area (Å²) in [7, 11) is 0. The van der Waals surface area contributed by atoms with Crippen LogP contribution in [0.4, 0.5) is 0 Å². The van der Waals surface area contributed by atoms with Crippen molar-refractivity contribution in [3.8, 4) is 0 Å². The van der Waals surface area contributed by atoms with Gasteiger partial charge in [0.2, 0.25) is 0 Å². The van der Waals surface area contributed by atoms with Crippen molar-refractivity contribution in [2.75, 3.05) is 0 Å². The molecule has 0 unspecified atom stereocenters. The van der Waals surface area contributed by atoms with Crippen LogP contribution in [0, 0.1) is 0 Å². The molecule has 0 atom stereocenters. The molecular weight excluding hydrogens is 251 g/mol.